The standard InChI is InChI=1S/C21H19N5O3/c1-14-24-19(13-20(25-14)26-10-4-5-11-26)22-8-9-23-21(28)18-12-16(27)15-6-2-3-7-17(15)29-18/h2-7,10-13H,8-9H2,1H3,(H,23,28)(H,22,24,25). The molecule has 8 heteroatoms. The number of para-hydroxylation sites is 1. The van der Waals surface area contributed by atoms with Crippen molar-refractivity contribution in [3.63, 3.8) is 0 Å². The Bertz CT molecular complexity index is 1210. The van der Waals surface area contributed by atoms with Gasteiger partial charge in [-0.3, -0.25) is 9.59 Å². The first-order valence-electron chi connectivity index (χ1n) is 9.14. The van der Waals surface area contributed by atoms with Crippen molar-refractivity contribution >= 4 is 22.7 Å². The molecule has 3 aromatic heterocycles. The Morgan fingerprint density at radius 3 is 2.69 bits per heavy atom. The van der Waals surface area contributed by atoms with Crippen LogP contribution in [0.1, 0.15) is 16.4 Å². The lowest BCUT2D eigenvalue weighted by atomic mass is 10.2. The lowest BCUT2D eigenvalue weighted by Crippen LogP contribution is -2.29. The third-order valence-corrected chi connectivity index (χ3v) is 4.27. The lowest BCUT2D eigenvalue weighted by Gasteiger charge is -2.10. The summed E-state index contributed by atoms with van der Waals surface area (Å²) in [7, 11) is 0. The fourth-order valence-electron chi connectivity index (χ4n) is 2.93. The van der Waals surface area contributed by atoms with Gasteiger partial charge < -0.3 is 19.6 Å². The molecule has 1 aromatic carbocycles. The molecule has 0 aliphatic carbocycles. The zero-order valence-corrected chi connectivity index (χ0v) is 15.8. The van der Waals surface area contributed by atoms with E-state index in [-0.39, 0.29) is 11.2 Å². The number of hydrogen-bond donors (Lipinski definition) is 2. The number of nitrogens with zero attached hydrogens (tertiary/aromatic N) is 3. The number of hydrogen-bond acceptors (Lipinski definition) is 6. The van der Waals surface area contributed by atoms with Crippen molar-refractivity contribution in [2.45, 2.75) is 6.92 Å². The first-order valence-corrected chi connectivity index (χ1v) is 9.14. The molecule has 8 nitrogen and oxygen atoms in total. The Balaban J connectivity index is 1.37. The molecule has 3 heterocycles. The summed E-state index contributed by atoms with van der Waals surface area (Å²) < 4.78 is 7.43. The largest absolute Gasteiger partial charge is 0.451 e. The van der Waals surface area contributed by atoms with Crippen LogP contribution in [0, 0.1) is 6.92 Å². The summed E-state index contributed by atoms with van der Waals surface area (Å²) in [6.07, 6.45) is 3.81. The Morgan fingerprint density at radius 1 is 1.07 bits per heavy atom. The number of carbonyl (C=O) groups excluding carboxylic acids is 1. The summed E-state index contributed by atoms with van der Waals surface area (Å²) >= 11 is 0. The molecule has 0 saturated carbocycles. The van der Waals surface area contributed by atoms with Crippen molar-refractivity contribution < 1.29 is 9.21 Å². The maximum atomic E-state index is 12.3. The van der Waals surface area contributed by atoms with Crippen LogP contribution >= 0.6 is 0 Å². The molecule has 0 radical (unpaired) electrons. The van der Waals surface area contributed by atoms with E-state index in [9.17, 15) is 9.59 Å². The fourth-order valence-corrected chi connectivity index (χ4v) is 2.93. The molecule has 146 valence electrons. The van der Waals surface area contributed by atoms with E-state index in [0.717, 1.165) is 5.82 Å². The zero-order valence-electron chi connectivity index (χ0n) is 15.8. The van der Waals surface area contributed by atoms with E-state index in [4.69, 9.17) is 4.42 Å². The SMILES string of the molecule is Cc1nc(NCCNC(=O)c2cc(=O)c3ccccc3o2)cc(-n2cccc2)n1. The normalized spacial score (nSPS) is 10.8. The van der Waals surface area contributed by atoms with Gasteiger partial charge in [-0.2, -0.15) is 0 Å². The van der Waals surface area contributed by atoms with E-state index >= 15 is 0 Å². The van der Waals surface area contributed by atoms with Gasteiger partial charge in [-0.05, 0) is 31.2 Å². The fraction of sp³-hybridized carbons (Fsp3) is 0.143. The van der Waals surface area contributed by atoms with E-state index in [0.29, 0.717) is 35.7 Å². The predicted octanol–water partition coefficient (Wildman–Crippen LogP) is 2.52. The van der Waals surface area contributed by atoms with Gasteiger partial charge >= 0.3 is 0 Å². The summed E-state index contributed by atoms with van der Waals surface area (Å²) in [5.74, 6) is 1.60. The first-order chi connectivity index (χ1) is 14.1. The van der Waals surface area contributed by atoms with E-state index in [2.05, 4.69) is 20.6 Å². The topological polar surface area (TPSA) is 102 Å². The van der Waals surface area contributed by atoms with Gasteiger partial charge in [0.05, 0.1) is 5.39 Å². The van der Waals surface area contributed by atoms with Crippen molar-refractivity contribution in [1.82, 2.24) is 19.9 Å². The summed E-state index contributed by atoms with van der Waals surface area (Å²) in [6, 6.07) is 13.7. The van der Waals surface area contributed by atoms with Crippen molar-refractivity contribution in [2.24, 2.45) is 0 Å². The third-order valence-electron chi connectivity index (χ3n) is 4.27. The molecule has 1 amide bonds. The molecular formula is C21H19N5O3. The minimum Gasteiger partial charge on any atom is -0.451 e. The van der Waals surface area contributed by atoms with Gasteiger partial charge in [0.1, 0.15) is 23.0 Å². The van der Waals surface area contributed by atoms with Crippen LogP contribution in [0.15, 0.2) is 70.1 Å². The molecule has 29 heavy (non-hydrogen) atoms. The van der Waals surface area contributed by atoms with Crippen LogP contribution in [0.25, 0.3) is 16.8 Å². The van der Waals surface area contributed by atoms with Gasteiger partial charge in [0.2, 0.25) is 0 Å². The highest BCUT2D eigenvalue weighted by Crippen LogP contribution is 2.12. The monoisotopic (exact) mass is 389 g/mol. The summed E-state index contributed by atoms with van der Waals surface area (Å²) in [6.45, 7) is 2.60. The maximum absolute atomic E-state index is 12.3. The van der Waals surface area contributed by atoms with E-state index in [1.54, 1.807) is 24.3 Å². The van der Waals surface area contributed by atoms with Gasteiger partial charge in [0.25, 0.3) is 5.91 Å². The van der Waals surface area contributed by atoms with E-state index in [1.165, 1.54) is 6.07 Å². The maximum Gasteiger partial charge on any atom is 0.287 e. The number of rotatable bonds is 6. The van der Waals surface area contributed by atoms with Crippen LogP contribution in [-0.2, 0) is 0 Å². The van der Waals surface area contributed by atoms with Gasteiger partial charge in [0.15, 0.2) is 11.2 Å². The number of nitrogens with one attached hydrogen (secondary N) is 2. The highest BCUT2D eigenvalue weighted by Gasteiger charge is 2.11. The Hall–Kier alpha value is -3.94. The van der Waals surface area contributed by atoms with E-state index < -0.39 is 5.91 Å². The summed E-state index contributed by atoms with van der Waals surface area (Å²) in [4.78, 5) is 33.2. The number of aryl methyl sites for hydroxylation is 1. The Labute approximate surface area is 166 Å². The van der Waals surface area contributed by atoms with Crippen LogP contribution in [0.5, 0.6) is 0 Å². The van der Waals surface area contributed by atoms with Gasteiger partial charge in [0, 0.05) is 37.6 Å². The third kappa shape index (κ3) is 4.16. The number of fused-ring (bicyclic) bond motifs is 1. The quantitative estimate of drug-likeness (QED) is 0.491. The van der Waals surface area contributed by atoms with Crippen LogP contribution in [-0.4, -0.2) is 33.5 Å². The predicted molar refractivity (Wildman–Crippen MR) is 109 cm³/mol. The van der Waals surface area contributed by atoms with E-state index in [1.807, 2.05) is 42.1 Å². The molecular weight excluding hydrogens is 370 g/mol. The number of aromatic nitrogens is 3. The first kappa shape index (κ1) is 18.4. The molecule has 0 fully saturated rings. The highest BCUT2D eigenvalue weighted by molar-refractivity contribution is 5.93. The molecule has 0 unspecified atom stereocenters. The van der Waals surface area contributed by atoms with Gasteiger partial charge in [-0.15, -0.1) is 0 Å². The highest BCUT2D eigenvalue weighted by atomic mass is 16.3. The molecule has 2 N–H and O–H groups in total. The second-order valence-corrected chi connectivity index (χ2v) is 6.40. The van der Waals surface area contributed by atoms with Crippen molar-refractivity contribution in [2.75, 3.05) is 18.4 Å². The number of benzene rings is 1. The van der Waals surface area contributed by atoms with Crippen LogP contribution in [0.4, 0.5) is 5.82 Å². The minimum atomic E-state index is -0.443. The van der Waals surface area contributed by atoms with Crippen molar-refractivity contribution in [3.8, 4) is 5.82 Å². The van der Waals surface area contributed by atoms with Crippen molar-refractivity contribution in [1.29, 1.82) is 0 Å². The summed E-state index contributed by atoms with van der Waals surface area (Å²) in [5.41, 5.74) is 0.140. The average molecular weight is 389 g/mol. The Morgan fingerprint density at radius 2 is 1.86 bits per heavy atom. The second-order valence-electron chi connectivity index (χ2n) is 6.40. The van der Waals surface area contributed by atoms with Gasteiger partial charge in [-0.25, -0.2) is 9.97 Å². The van der Waals surface area contributed by atoms with Crippen LogP contribution in [0.2, 0.25) is 0 Å². The lowest BCUT2D eigenvalue weighted by molar-refractivity contribution is 0.0928. The smallest absolute Gasteiger partial charge is 0.287 e. The average Bonchev–Trinajstić information content (AvgIpc) is 3.26. The van der Waals surface area contributed by atoms with Crippen LogP contribution in [0.3, 0.4) is 0 Å². The van der Waals surface area contributed by atoms with Crippen molar-refractivity contribution in [3.05, 3.63) is 82.7 Å². The van der Waals surface area contributed by atoms with Gasteiger partial charge in [-0.1, -0.05) is 12.1 Å². The summed E-state index contributed by atoms with van der Waals surface area (Å²) in [5, 5.41) is 6.35. The van der Waals surface area contributed by atoms with Crippen LogP contribution < -0.4 is 16.1 Å². The number of carbonyl (C=O) groups is 1. The zero-order chi connectivity index (χ0) is 20.2. The molecule has 0 spiro atoms. The molecule has 0 atom stereocenters. The molecule has 4 aromatic rings. The molecule has 0 bridgehead atoms. The Kier molecular flexibility index (Phi) is 5.07. The number of amides is 1. The second kappa shape index (κ2) is 7.97. The molecule has 4 rings (SSSR count). The molecule has 0 aliphatic heterocycles. The molecule has 0 saturated heterocycles. The minimum absolute atomic E-state index is 0.0125. The number of anilines is 1. The molecule has 0 aliphatic rings.